The van der Waals surface area contributed by atoms with Crippen molar-refractivity contribution in [3.63, 3.8) is 0 Å². The molecule has 72 valence electrons. The number of rotatable bonds is 4. The summed E-state index contributed by atoms with van der Waals surface area (Å²) >= 11 is 5.52. The highest BCUT2D eigenvalue weighted by molar-refractivity contribution is 6.18. The smallest absolute Gasteiger partial charge is 0.226 e. The molecule has 1 rings (SSSR count). The van der Waals surface area contributed by atoms with Crippen molar-refractivity contribution in [1.82, 2.24) is 9.97 Å². The molecule has 0 unspecified atom stereocenters. The van der Waals surface area contributed by atoms with Crippen molar-refractivity contribution in [2.45, 2.75) is 6.92 Å². The van der Waals surface area contributed by atoms with Crippen molar-refractivity contribution < 1.29 is 4.74 Å². The number of aromatic nitrogens is 2. The van der Waals surface area contributed by atoms with Gasteiger partial charge in [0.2, 0.25) is 11.8 Å². The molecule has 1 aromatic rings. The summed E-state index contributed by atoms with van der Waals surface area (Å²) in [5.41, 5.74) is 0.865. The Labute approximate surface area is 82.3 Å². The first kappa shape index (κ1) is 10.1. The molecule has 0 atom stereocenters. The first-order chi connectivity index (χ1) is 6.26. The van der Waals surface area contributed by atoms with Crippen LogP contribution in [0.2, 0.25) is 0 Å². The van der Waals surface area contributed by atoms with Crippen LogP contribution in [0.4, 0.5) is 5.95 Å². The van der Waals surface area contributed by atoms with Gasteiger partial charge in [0.25, 0.3) is 0 Å². The molecule has 0 saturated carbocycles. The van der Waals surface area contributed by atoms with Crippen LogP contribution in [0, 0.1) is 6.92 Å². The van der Waals surface area contributed by atoms with E-state index in [0.29, 0.717) is 24.3 Å². The summed E-state index contributed by atoms with van der Waals surface area (Å²) in [5.74, 6) is 1.64. The third kappa shape index (κ3) is 3.06. The van der Waals surface area contributed by atoms with Gasteiger partial charge >= 0.3 is 0 Å². The number of alkyl halides is 1. The van der Waals surface area contributed by atoms with Gasteiger partial charge in [0.15, 0.2) is 0 Å². The molecule has 0 aliphatic rings. The van der Waals surface area contributed by atoms with Crippen LogP contribution >= 0.6 is 11.6 Å². The Morgan fingerprint density at radius 2 is 2.31 bits per heavy atom. The fourth-order valence-electron chi connectivity index (χ4n) is 0.882. The number of nitrogens with zero attached hydrogens (tertiary/aromatic N) is 2. The monoisotopic (exact) mass is 201 g/mol. The van der Waals surface area contributed by atoms with Gasteiger partial charge in [-0.3, -0.25) is 0 Å². The number of methoxy groups -OCH3 is 1. The molecule has 0 radical (unpaired) electrons. The third-order valence-corrected chi connectivity index (χ3v) is 1.61. The average Bonchev–Trinajstić information content (AvgIpc) is 2.14. The molecule has 1 aromatic heterocycles. The SMILES string of the molecule is COc1cc(C)nc(NCCCl)n1. The molecule has 0 amide bonds. The Balaban J connectivity index is 2.76. The summed E-state index contributed by atoms with van der Waals surface area (Å²) in [6, 6.07) is 1.77. The molecule has 0 spiro atoms. The lowest BCUT2D eigenvalue weighted by Gasteiger charge is -2.05. The van der Waals surface area contributed by atoms with Crippen molar-refractivity contribution in [1.29, 1.82) is 0 Å². The molecule has 13 heavy (non-hydrogen) atoms. The number of aryl methyl sites for hydroxylation is 1. The van der Waals surface area contributed by atoms with Crippen LogP contribution in [0.1, 0.15) is 5.69 Å². The Kier molecular flexibility index (Phi) is 3.76. The number of ether oxygens (including phenoxy) is 1. The van der Waals surface area contributed by atoms with Crippen LogP contribution in [0.5, 0.6) is 5.88 Å². The summed E-state index contributed by atoms with van der Waals surface area (Å²) < 4.78 is 4.99. The topological polar surface area (TPSA) is 47.0 Å². The number of anilines is 1. The van der Waals surface area contributed by atoms with Crippen LogP contribution in [0.3, 0.4) is 0 Å². The zero-order chi connectivity index (χ0) is 9.68. The maximum Gasteiger partial charge on any atom is 0.226 e. The maximum atomic E-state index is 5.52. The Bertz CT molecular complexity index is 280. The molecule has 5 heteroatoms. The Hall–Kier alpha value is -1.03. The fourth-order valence-corrected chi connectivity index (χ4v) is 0.977. The minimum absolute atomic E-state index is 0.527. The van der Waals surface area contributed by atoms with E-state index >= 15 is 0 Å². The van der Waals surface area contributed by atoms with E-state index in [4.69, 9.17) is 16.3 Å². The summed E-state index contributed by atoms with van der Waals surface area (Å²) in [4.78, 5) is 8.24. The second kappa shape index (κ2) is 4.87. The Morgan fingerprint density at radius 1 is 1.54 bits per heavy atom. The van der Waals surface area contributed by atoms with Crippen LogP contribution in [0.15, 0.2) is 6.07 Å². The third-order valence-electron chi connectivity index (χ3n) is 1.42. The van der Waals surface area contributed by atoms with E-state index in [1.54, 1.807) is 13.2 Å². The van der Waals surface area contributed by atoms with E-state index in [9.17, 15) is 0 Å². The molecule has 1 heterocycles. The summed E-state index contributed by atoms with van der Waals surface area (Å²) in [5, 5.41) is 2.98. The number of hydrogen-bond donors (Lipinski definition) is 1. The van der Waals surface area contributed by atoms with Crippen molar-refractivity contribution in [2.24, 2.45) is 0 Å². The summed E-state index contributed by atoms with van der Waals surface area (Å²) in [6.07, 6.45) is 0. The molecule has 0 aromatic carbocycles. The minimum Gasteiger partial charge on any atom is -0.481 e. The van der Waals surface area contributed by atoms with E-state index in [-0.39, 0.29) is 0 Å². The Morgan fingerprint density at radius 3 is 2.92 bits per heavy atom. The quantitative estimate of drug-likeness (QED) is 0.749. The lowest BCUT2D eigenvalue weighted by atomic mass is 10.4. The van der Waals surface area contributed by atoms with Gasteiger partial charge in [0.05, 0.1) is 7.11 Å². The zero-order valence-electron chi connectivity index (χ0n) is 7.67. The molecule has 1 N–H and O–H groups in total. The van der Waals surface area contributed by atoms with Gasteiger partial charge in [-0.05, 0) is 6.92 Å². The van der Waals surface area contributed by atoms with Crippen LogP contribution in [-0.2, 0) is 0 Å². The van der Waals surface area contributed by atoms with Crippen molar-refractivity contribution in [3.05, 3.63) is 11.8 Å². The second-order valence-corrected chi connectivity index (χ2v) is 2.87. The molecular weight excluding hydrogens is 190 g/mol. The van der Waals surface area contributed by atoms with Crippen LogP contribution in [0.25, 0.3) is 0 Å². The van der Waals surface area contributed by atoms with Gasteiger partial charge in [-0.1, -0.05) is 0 Å². The highest BCUT2D eigenvalue weighted by Crippen LogP contribution is 2.10. The number of halogens is 1. The van der Waals surface area contributed by atoms with Crippen molar-refractivity contribution >= 4 is 17.5 Å². The van der Waals surface area contributed by atoms with Gasteiger partial charge in [-0.2, -0.15) is 4.98 Å². The summed E-state index contributed by atoms with van der Waals surface area (Å²) in [6.45, 7) is 2.53. The van der Waals surface area contributed by atoms with Gasteiger partial charge in [-0.25, -0.2) is 4.98 Å². The maximum absolute atomic E-state index is 5.52. The highest BCUT2D eigenvalue weighted by atomic mass is 35.5. The molecule has 0 fully saturated rings. The van der Waals surface area contributed by atoms with Gasteiger partial charge < -0.3 is 10.1 Å². The molecular formula is C8H12ClN3O. The zero-order valence-corrected chi connectivity index (χ0v) is 8.43. The normalized spacial score (nSPS) is 9.77. The van der Waals surface area contributed by atoms with E-state index in [1.165, 1.54) is 0 Å². The fraction of sp³-hybridized carbons (Fsp3) is 0.500. The van der Waals surface area contributed by atoms with E-state index < -0.39 is 0 Å². The lowest BCUT2D eigenvalue weighted by Crippen LogP contribution is -2.07. The van der Waals surface area contributed by atoms with Gasteiger partial charge in [-0.15, -0.1) is 11.6 Å². The minimum atomic E-state index is 0.527. The van der Waals surface area contributed by atoms with Crippen LogP contribution in [-0.4, -0.2) is 29.5 Å². The molecule has 0 aliphatic heterocycles. The first-order valence-corrected chi connectivity index (χ1v) is 4.49. The average molecular weight is 202 g/mol. The number of nitrogens with one attached hydrogen (secondary N) is 1. The molecule has 0 aliphatic carbocycles. The van der Waals surface area contributed by atoms with E-state index in [2.05, 4.69) is 15.3 Å². The van der Waals surface area contributed by atoms with E-state index in [1.807, 2.05) is 6.92 Å². The van der Waals surface area contributed by atoms with Crippen molar-refractivity contribution in [2.75, 3.05) is 24.9 Å². The molecule has 0 saturated heterocycles. The predicted octanol–water partition coefficient (Wildman–Crippen LogP) is 1.44. The van der Waals surface area contributed by atoms with Gasteiger partial charge in [0.1, 0.15) is 0 Å². The molecule has 0 bridgehead atoms. The predicted molar refractivity (Wildman–Crippen MR) is 52.5 cm³/mol. The molecule has 4 nitrogen and oxygen atoms in total. The lowest BCUT2D eigenvalue weighted by molar-refractivity contribution is 0.397. The highest BCUT2D eigenvalue weighted by Gasteiger charge is 2.00. The standard InChI is InChI=1S/C8H12ClN3O/c1-6-5-7(13-2)12-8(11-6)10-4-3-9/h5H,3-4H2,1-2H3,(H,10,11,12). The first-order valence-electron chi connectivity index (χ1n) is 3.95. The second-order valence-electron chi connectivity index (χ2n) is 2.49. The van der Waals surface area contributed by atoms with Crippen molar-refractivity contribution in [3.8, 4) is 5.88 Å². The van der Waals surface area contributed by atoms with Gasteiger partial charge in [0, 0.05) is 24.2 Å². The van der Waals surface area contributed by atoms with E-state index in [0.717, 1.165) is 5.69 Å². The van der Waals surface area contributed by atoms with Crippen LogP contribution < -0.4 is 10.1 Å². The summed E-state index contributed by atoms with van der Waals surface area (Å²) in [7, 11) is 1.58. The number of hydrogen-bond acceptors (Lipinski definition) is 4. The largest absolute Gasteiger partial charge is 0.481 e.